The highest BCUT2D eigenvalue weighted by atomic mass is 127. The minimum atomic E-state index is 0. The molecule has 2 N–H and O–H groups in total. The van der Waals surface area contributed by atoms with Crippen LogP contribution in [0.4, 0.5) is 0 Å². The molecule has 156 valence electrons. The lowest BCUT2D eigenvalue weighted by Crippen LogP contribution is -2.40. The number of aryl methyl sites for hydroxylation is 1. The van der Waals surface area contributed by atoms with Gasteiger partial charge in [-0.15, -0.1) is 34.2 Å². The minimum absolute atomic E-state index is 0. The topological polar surface area (TPSA) is 76.4 Å². The maximum Gasteiger partial charge on any atom is 0.191 e. The van der Waals surface area contributed by atoms with Crippen LogP contribution in [0, 0.1) is 0 Å². The number of aromatic nitrogens is 3. The molecule has 0 radical (unpaired) electrons. The van der Waals surface area contributed by atoms with E-state index in [0.29, 0.717) is 36.3 Å². The number of nitrogens with one attached hydrogen (secondary N) is 2. The van der Waals surface area contributed by atoms with E-state index in [1.54, 1.807) is 19.5 Å². The first-order valence-electron chi connectivity index (χ1n) is 8.95. The van der Waals surface area contributed by atoms with Gasteiger partial charge in [0.1, 0.15) is 12.2 Å². The van der Waals surface area contributed by atoms with Gasteiger partial charge in [-0.3, -0.25) is 4.99 Å². The van der Waals surface area contributed by atoms with E-state index >= 15 is 0 Å². The van der Waals surface area contributed by atoms with Gasteiger partial charge in [0.05, 0.1) is 13.2 Å². The molecule has 7 nitrogen and oxygen atoms in total. The second kappa shape index (κ2) is 14.0. The molecule has 0 aliphatic rings. The smallest absolute Gasteiger partial charge is 0.191 e. The molecule has 0 bridgehead atoms. The van der Waals surface area contributed by atoms with Gasteiger partial charge < -0.3 is 19.9 Å². The molecule has 2 rings (SSSR count). The van der Waals surface area contributed by atoms with E-state index in [4.69, 9.17) is 27.9 Å². The molecule has 0 spiro atoms. The van der Waals surface area contributed by atoms with Gasteiger partial charge in [-0.2, -0.15) is 0 Å². The lowest BCUT2D eigenvalue weighted by atomic mass is 10.1. The Kier molecular flexibility index (Phi) is 12.4. The van der Waals surface area contributed by atoms with Crippen LogP contribution in [0.15, 0.2) is 29.5 Å². The fourth-order valence-corrected chi connectivity index (χ4v) is 3.00. The molecule has 1 heterocycles. The van der Waals surface area contributed by atoms with Crippen LogP contribution in [-0.2, 0) is 24.1 Å². The number of rotatable bonds is 10. The van der Waals surface area contributed by atoms with Crippen molar-refractivity contribution in [3.63, 3.8) is 0 Å². The van der Waals surface area contributed by atoms with E-state index in [-0.39, 0.29) is 24.0 Å². The zero-order chi connectivity index (χ0) is 19.5. The predicted molar refractivity (Wildman–Crippen MR) is 125 cm³/mol. The van der Waals surface area contributed by atoms with Crippen LogP contribution < -0.4 is 10.6 Å². The predicted octanol–water partition coefficient (Wildman–Crippen LogP) is 3.19. The Labute approximate surface area is 193 Å². The zero-order valence-electron chi connectivity index (χ0n) is 16.1. The first-order valence-corrected chi connectivity index (χ1v) is 9.71. The summed E-state index contributed by atoms with van der Waals surface area (Å²) in [5, 5.41) is 16.0. The fraction of sp³-hybridized carbons (Fsp3) is 0.500. The number of ether oxygens (including phenoxy) is 1. The summed E-state index contributed by atoms with van der Waals surface area (Å²) >= 11 is 12.2. The second-order valence-electron chi connectivity index (χ2n) is 5.86. The van der Waals surface area contributed by atoms with Gasteiger partial charge in [-0.25, -0.2) is 0 Å². The van der Waals surface area contributed by atoms with E-state index < -0.39 is 0 Å². The molecule has 0 saturated heterocycles. The molecule has 0 saturated carbocycles. The van der Waals surface area contributed by atoms with Crippen LogP contribution in [-0.4, -0.2) is 54.1 Å². The second-order valence-corrected chi connectivity index (χ2v) is 6.70. The summed E-state index contributed by atoms with van der Waals surface area (Å²) in [6.45, 7) is 5.40. The summed E-state index contributed by atoms with van der Waals surface area (Å²) in [5.41, 5.74) is 1.04. The first kappa shape index (κ1) is 24.9. The normalized spacial score (nSPS) is 11.2. The molecule has 1 aromatic carbocycles. The molecule has 0 fully saturated rings. The van der Waals surface area contributed by atoms with Gasteiger partial charge in [-0.05, 0) is 24.1 Å². The van der Waals surface area contributed by atoms with Crippen molar-refractivity contribution in [2.75, 3.05) is 33.4 Å². The lowest BCUT2D eigenvalue weighted by Gasteiger charge is -2.14. The van der Waals surface area contributed by atoms with Crippen molar-refractivity contribution >= 4 is 53.1 Å². The molecule has 0 unspecified atom stereocenters. The standard InChI is InChI=1S/C18H26Cl2N6O.HI/c1-3-17-25-24-13-26(17)10-8-22-18(23-9-11-27-2)21-7-6-14-4-5-15(19)12-16(14)20;/h4-5,12-13H,3,6-11H2,1-2H3,(H2,21,22,23);1H. The van der Waals surface area contributed by atoms with Crippen molar-refractivity contribution in [2.24, 2.45) is 4.99 Å². The quantitative estimate of drug-likeness (QED) is 0.209. The summed E-state index contributed by atoms with van der Waals surface area (Å²) in [6, 6.07) is 5.55. The Morgan fingerprint density at radius 3 is 2.75 bits per heavy atom. The molecule has 0 amide bonds. The number of nitrogens with zero attached hydrogens (tertiary/aromatic N) is 4. The van der Waals surface area contributed by atoms with Crippen LogP contribution in [0.5, 0.6) is 0 Å². The van der Waals surface area contributed by atoms with Gasteiger partial charge in [0, 0.05) is 43.2 Å². The minimum Gasteiger partial charge on any atom is -0.383 e. The Hall–Kier alpha value is -1.10. The highest BCUT2D eigenvalue weighted by Crippen LogP contribution is 2.20. The summed E-state index contributed by atoms with van der Waals surface area (Å²) in [6.07, 6.45) is 3.37. The zero-order valence-corrected chi connectivity index (χ0v) is 20.0. The van der Waals surface area contributed by atoms with Crippen LogP contribution >= 0.6 is 47.2 Å². The average molecular weight is 541 g/mol. The van der Waals surface area contributed by atoms with Crippen LogP contribution in [0.2, 0.25) is 10.0 Å². The third-order valence-electron chi connectivity index (χ3n) is 3.92. The Morgan fingerprint density at radius 2 is 2.04 bits per heavy atom. The van der Waals surface area contributed by atoms with Crippen LogP contribution in [0.25, 0.3) is 0 Å². The number of halogens is 3. The largest absolute Gasteiger partial charge is 0.383 e. The summed E-state index contributed by atoms with van der Waals surface area (Å²) < 4.78 is 7.11. The monoisotopic (exact) mass is 540 g/mol. The SMILES string of the molecule is CCc1nncn1CCNC(=NCCOC)NCCc1ccc(Cl)cc1Cl.I. The van der Waals surface area contributed by atoms with Crippen molar-refractivity contribution in [3.05, 3.63) is 46.0 Å². The summed E-state index contributed by atoms with van der Waals surface area (Å²) in [4.78, 5) is 4.52. The molecule has 0 aliphatic heterocycles. The number of hydrogen-bond acceptors (Lipinski definition) is 4. The number of methoxy groups -OCH3 is 1. The van der Waals surface area contributed by atoms with E-state index in [9.17, 15) is 0 Å². The molecule has 10 heteroatoms. The first-order chi connectivity index (χ1) is 13.1. The molecular formula is C18H27Cl2IN6O. The molecule has 0 aliphatic carbocycles. The highest BCUT2D eigenvalue weighted by Gasteiger charge is 2.04. The number of benzene rings is 1. The number of guanidine groups is 1. The number of hydrogen-bond donors (Lipinski definition) is 2. The molecule has 28 heavy (non-hydrogen) atoms. The number of aliphatic imine (C=N–C) groups is 1. The van der Waals surface area contributed by atoms with E-state index in [1.165, 1.54) is 0 Å². The third kappa shape index (κ3) is 8.50. The van der Waals surface area contributed by atoms with Gasteiger partial charge in [0.25, 0.3) is 0 Å². The van der Waals surface area contributed by atoms with Gasteiger partial charge in [-0.1, -0.05) is 36.2 Å². The van der Waals surface area contributed by atoms with Crippen molar-refractivity contribution in [2.45, 2.75) is 26.3 Å². The van der Waals surface area contributed by atoms with Crippen LogP contribution in [0.3, 0.4) is 0 Å². The van der Waals surface area contributed by atoms with Crippen LogP contribution in [0.1, 0.15) is 18.3 Å². The Bertz CT molecular complexity index is 741. The maximum absolute atomic E-state index is 6.23. The van der Waals surface area contributed by atoms with E-state index in [1.807, 2.05) is 16.7 Å². The van der Waals surface area contributed by atoms with Gasteiger partial charge in [0.15, 0.2) is 5.96 Å². The van der Waals surface area contributed by atoms with Gasteiger partial charge in [0.2, 0.25) is 0 Å². The average Bonchev–Trinajstić information content (AvgIpc) is 3.10. The van der Waals surface area contributed by atoms with E-state index in [2.05, 4.69) is 32.7 Å². The van der Waals surface area contributed by atoms with E-state index in [0.717, 1.165) is 36.7 Å². The Balaban J connectivity index is 0.00000392. The summed E-state index contributed by atoms with van der Waals surface area (Å²) in [5.74, 6) is 1.71. The third-order valence-corrected chi connectivity index (χ3v) is 4.51. The highest BCUT2D eigenvalue weighted by molar-refractivity contribution is 14.0. The molecule has 1 aromatic heterocycles. The van der Waals surface area contributed by atoms with Gasteiger partial charge >= 0.3 is 0 Å². The lowest BCUT2D eigenvalue weighted by molar-refractivity contribution is 0.208. The maximum atomic E-state index is 6.23. The summed E-state index contributed by atoms with van der Waals surface area (Å²) in [7, 11) is 1.66. The molecular weight excluding hydrogens is 514 g/mol. The van der Waals surface area contributed by atoms with Crippen molar-refractivity contribution in [3.8, 4) is 0 Å². The van der Waals surface area contributed by atoms with Crippen molar-refractivity contribution in [1.29, 1.82) is 0 Å². The Morgan fingerprint density at radius 1 is 1.25 bits per heavy atom. The van der Waals surface area contributed by atoms with Crippen molar-refractivity contribution in [1.82, 2.24) is 25.4 Å². The molecule has 2 aromatic rings. The molecule has 0 atom stereocenters. The van der Waals surface area contributed by atoms with Crippen molar-refractivity contribution < 1.29 is 4.74 Å². The fourth-order valence-electron chi connectivity index (χ4n) is 2.50.